The van der Waals surface area contributed by atoms with E-state index in [0.717, 1.165) is 28.1 Å². The van der Waals surface area contributed by atoms with Crippen LogP contribution in [0.15, 0.2) is 84.0 Å². The number of rotatable bonds is 5. The second-order valence-corrected chi connectivity index (χ2v) is 7.45. The highest BCUT2D eigenvalue weighted by atomic mass is 16.8. The van der Waals surface area contributed by atoms with Crippen molar-refractivity contribution in [2.24, 2.45) is 5.16 Å². The summed E-state index contributed by atoms with van der Waals surface area (Å²) in [4.78, 5) is 10.1. The van der Waals surface area contributed by atoms with Crippen LogP contribution >= 0.6 is 0 Å². The first-order chi connectivity index (χ1) is 14.0. The third-order valence-corrected chi connectivity index (χ3v) is 5.05. The van der Waals surface area contributed by atoms with Gasteiger partial charge < -0.3 is 19.4 Å². The normalized spacial score (nSPS) is 14.6. The molecule has 0 aliphatic carbocycles. The smallest absolute Gasteiger partial charge is 0.330 e. The third-order valence-electron chi connectivity index (χ3n) is 5.05. The zero-order chi connectivity index (χ0) is 20.4. The highest BCUT2D eigenvalue weighted by Crippen LogP contribution is 2.41. The van der Waals surface area contributed by atoms with Gasteiger partial charge in [-0.15, -0.1) is 0 Å². The van der Waals surface area contributed by atoms with E-state index >= 15 is 0 Å². The SMILES string of the molecule is CN(C)c1ccc(C2(c3ccc(N(C)C)cc3)ON=C(c3ccccc3)O2)cc1. The van der Waals surface area contributed by atoms with E-state index in [1.54, 1.807) is 0 Å². The molecule has 0 aromatic heterocycles. The standard InChI is InChI=1S/C24H25N3O2/c1-26(2)21-14-10-19(11-15-21)24(20-12-16-22(17-13-20)27(3)4)28-23(25-29-24)18-8-6-5-7-9-18/h5-17H,1-4H3. The molecular weight excluding hydrogens is 362 g/mol. The Kier molecular flexibility index (Phi) is 4.89. The number of benzene rings is 3. The molecule has 1 aliphatic rings. The Morgan fingerprint density at radius 2 is 1.14 bits per heavy atom. The predicted octanol–water partition coefficient (Wildman–Crippen LogP) is 4.43. The van der Waals surface area contributed by atoms with Crippen LogP contribution in [0.3, 0.4) is 0 Å². The molecule has 3 aromatic rings. The minimum atomic E-state index is -1.12. The van der Waals surface area contributed by atoms with Gasteiger partial charge >= 0.3 is 5.79 Å². The van der Waals surface area contributed by atoms with E-state index in [0.29, 0.717) is 5.90 Å². The molecule has 0 bridgehead atoms. The van der Waals surface area contributed by atoms with Crippen LogP contribution in [-0.4, -0.2) is 34.1 Å². The van der Waals surface area contributed by atoms with Crippen LogP contribution in [0.2, 0.25) is 0 Å². The lowest BCUT2D eigenvalue weighted by molar-refractivity contribution is -0.133. The Morgan fingerprint density at radius 3 is 1.59 bits per heavy atom. The van der Waals surface area contributed by atoms with Crippen molar-refractivity contribution in [2.45, 2.75) is 5.79 Å². The molecule has 0 fully saturated rings. The van der Waals surface area contributed by atoms with Gasteiger partial charge in [0.15, 0.2) is 0 Å². The summed E-state index contributed by atoms with van der Waals surface area (Å²) in [7, 11) is 8.07. The van der Waals surface area contributed by atoms with Crippen molar-refractivity contribution in [2.75, 3.05) is 38.0 Å². The fourth-order valence-corrected chi connectivity index (χ4v) is 3.32. The topological polar surface area (TPSA) is 37.3 Å². The van der Waals surface area contributed by atoms with E-state index in [4.69, 9.17) is 9.57 Å². The summed E-state index contributed by atoms with van der Waals surface area (Å²) < 4.78 is 6.41. The lowest BCUT2D eigenvalue weighted by atomic mass is 9.96. The van der Waals surface area contributed by atoms with E-state index in [1.807, 2.05) is 82.8 Å². The van der Waals surface area contributed by atoms with Crippen molar-refractivity contribution >= 4 is 17.3 Å². The van der Waals surface area contributed by atoms with Crippen molar-refractivity contribution in [3.05, 3.63) is 95.6 Å². The maximum atomic E-state index is 6.41. The molecule has 0 saturated carbocycles. The molecule has 1 heterocycles. The Balaban J connectivity index is 1.76. The highest BCUT2D eigenvalue weighted by molar-refractivity contribution is 5.94. The molecule has 0 unspecified atom stereocenters. The zero-order valence-corrected chi connectivity index (χ0v) is 17.2. The van der Waals surface area contributed by atoms with Gasteiger partial charge in [-0.2, -0.15) is 0 Å². The monoisotopic (exact) mass is 387 g/mol. The molecular formula is C24H25N3O2. The molecule has 0 atom stereocenters. The van der Waals surface area contributed by atoms with Gasteiger partial charge in [-0.3, -0.25) is 0 Å². The van der Waals surface area contributed by atoms with Crippen LogP contribution in [0, 0.1) is 0 Å². The van der Waals surface area contributed by atoms with Crippen LogP contribution in [0.25, 0.3) is 0 Å². The molecule has 1 aliphatic heterocycles. The van der Waals surface area contributed by atoms with Gasteiger partial charge in [0.25, 0.3) is 5.90 Å². The third kappa shape index (κ3) is 3.51. The van der Waals surface area contributed by atoms with Crippen LogP contribution in [-0.2, 0) is 15.4 Å². The first-order valence-corrected chi connectivity index (χ1v) is 9.56. The minimum Gasteiger partial charge on any atom is -0.422 e. The van der Waals surface area contributed by atoms with E-state index in [2.05, 4.69) is 39.2 Å². The summed E-state index contributed by atoms with van der Waals surface area (Å²) in [5, 5.41) is 4.30. The van der Waals surface area contributed by atoms with Crippen molar-refractivity contribution in [1.29, 1.82) is 0 Å². The average molecular weight is 387 g/mol. The molecule has 0 radical (unpaired) electrons. The summed E-state index contributed by atoms with van der Waals surface area (Å²) in [6.45, 7) is 0. The Labute approximate surface area is 171 Å². The van der Waals surface area contributed by atoms with E-state index in [9.17, 15) is 0 Å². The number of oxime groups is 1. The molecule has 0 amide bonds. The Bertz CT molecular complexity index is 943. The first-order valence-electron chi connectivity index (χ1n) is 9.56. The van der Waals surface area contributed by atoms with Gasteiger partial charge in [-0.05, 0) is 65.8 Å². The number of nitrogens with zero attached hydrogens (tertiary/aromatic N) is 3. The lowest BCUT2D eigenvalue weighted by Gasteiger charge is -2.28. The van der Waals surface area contributed by atoms with Crippen molar-refractivity contribution in [1.82, 2.24) is 0 Å². The van der Waals surface area contributed by atoms with Gasteiger partial charge in [0.1, 0.15) is 0 Å². The summed E-state index contributed by atoms with van der Waals surface area (Å²) >= 11 is 0. The van der Waals surface area contributed by atoms with Gasteiger partial charge in [-0.25, -0.2) is 0 Å². The fraction of sp³-hybridized carbons (Fsp3) is 0.208. The predicted molar refractivity (Wildman–Crippen MR) is 117 cm³/mol. The zero-order valence-electron chi connectivity index (χ0n) is 17.2. The molecule has 0 saturated heterocycles. The molecule has 4 rings (SSSR count). The van der Waals surface area contributed by atoms with Gasteiger partial charge in [0.2, 0.25) is 0 Å². The maximum absolute atomic E-state index is 6.41. The number of anilines is 2. The summed E-state index contributed by atoms with van der Waals surface area (Å²) in [6.07, 6.45) is 0. The van der Waals surface area contributed by atoms with Crippen molar-refractivity contribution in [3.8, 4) is 0 Å². The summed E-state index contributed by atoms with van der Waals surface area (Å²) in [6, 6.07) is 26.1. The summed E-state index contributed by atoms with van der Waals surface area (Å²) in [5.74, 6) is -0.653. The molecule has 5 nitrogen and oxygen atoms in total. The second kappa shape index (κ2) is 7.51. The number of ether oxygens (including phenoxy) is 1. The molecule has 3 aromatic carbocycles. The van der Waals surface area contributed by atoms with Crippen LogP contribution in [0.5, 0.6) is 0 Å². The lowest BCUT2D eigenvalue weighted by Crippen LogP contribution is -2.31. The highest BCUT2D eigenvalue weighted by Gasteiger charge is 2.45. The first kappa shape index (κ1) is 18.9. The second-order valence-electron chi connectivity index (χ2n) is 7.45. The van der Waals surface area contributed by atoms with E-state index in [1.165, 1.54) is 0 Å². The minimum absolute atomic E-state index is 0.471. The Morgan fingerprint density at radius 1 is 0.655 bits per heavy atom. The quantitative estimate of drug-likeness (QED) is 0.649. The molecule has 148 valence electrons. The number of hydrogen-bond acceptors (Lipinski definition) is 5. The molecule has 29 heavy (non-hydrogen) atoms. The molecule has 0 N–H and O–H groups in total. The van der Waals surface area contributed by atoms with Gasteiger partial charge in [-0.1, -0.05) is 18.2 Å². The van der Waals surface area contributed by atoms with Gasteiger partial charge in [0.05, 0.1) is 0 Å². The van der Waals surface area contributed by atoms with Crippen LogP contribution in [0.4, 0.5) is 11.4 Å². The van der Waals surface area contributed by atoms with Crippen molar-refractivity contribution < 1.29 is 9.57 Å². The molecule has 5 heteroatoms. The number of hydrogen-bond donors (Lipinski definition) is 0. The van der Waals surface area contributed by atoms with Crippen LogP contribution < -0.4 is 9.80 Å². The Hall–Kier alpha value is -3.47. The largest absolute Gasteiger partial charge is 0.422 e. The van der Waals surface area contributed by atoms with Crippen molar-refractivity contribution in [3.63, 3.8) is 0 Å². The average Bonchev–Trinajstić information content (AvgIpc) is 3.21. The van der Waals surface area contributed by atoms with Gasteiger partial charge in [0, 0.05) is 56.3 Å². The van der Waals surface area contributed by atoms with E-state index in [-0.39, 0.29) is 0 Å². The summed E-state index contributed by atoms with van der Waals surface area (Å²) in [5.41, 5.74) is 4.86. The fourth-order valence-electron chi connectivity index (χ4n) is 3.32. The maximum Gasteiger partial charge on any atom is 0.330 e. The van der Waals surface area contributed by atoms with Crippen LogP contribution in [0.1, 0.15) is 16.7 Å². The molecule has 0 spiro atoms. The van der Waals surface area contributed by atoms with E-state index < -0.39 is 5.79 Å².